The van der Waals surface area contributed by atoms with Gasteiger partial charge in [-0.1, -0.05) is 54.8 Å². The van der Waals surface area contributed by atoms with Crippen molar-refractivity contribution in [1.82, 2.24) is 0 Å². The van der Waals surface area contributed by atoms with E-state index in [0.29, 0.717) is 18.4 Å². The summed E-state index contributed by atoms with van der Waals surface area (Å²) in [5.41, 5.74) is 1.62. The first-order chi connectivity index (χ1) is 11.7. The smallest absolute Gasteiger partial charge is 0.304 e. The first-order valence-corrected chi connectivity index (χ1v) is 10.9. The third kappa shape index (κ3) is 6.07. The summed E-state index contributed by atoms with van der Waals surface area (Å²) in [7, 11) is -4.60. The Balaban J connectivity index is 3.26. The molecule has 0 bridgehead atoms. The monoisotopic (exact) mass is 412 g/mol. The van der Waals surface area contributed by atoms with E-state index in [0.717, 1.165) is 5.56 Å². The molecular weight excluding hydrogens is 389 g/mol. The molecule has 0 saturated carbocycles. The second-order valence-corrected chi connectivity index (χ2v) is 9.24. The normalized spacial score (nSPS) is 13.7. The summed E-state index contributed by atoms with van der Waals surface area (Å²) in [6.07, 6.45) is 0.958. The van der Waals surface area contributed by atoms with Gasteiger partial charge in [-0.2, -0.15) is 8.78 Å². The fourth-order valence-corrected chi connectivity index (χ4v) is 5.39. The molecule has 0 spiro atoms. The second-order valence-electron chi connectivity index (χ2n) is 5.28. The second kappa shape index (κ2) is 10.1. The molecule has 0 aliphatic carbocycles. The van der Waals surface area contributed by atoms with Crippen LogP contribution in [0.4, 0.5) is 8.78 Å². The van der Waals surface area contributed by atoms with Gasteiger partial charge in [-0.15, -0.1) is 0 Å². The van der Waals surface area contributed by atoms with E-state index in [1.165, 1.54) is 13.8 Å². The lowest BCUT2D eigenvalue weighted by atomic mass is 10.1. The van der Waals surface area contributed by atoms with Gasteiger partial charge in [0.2, 0.25) is 0 Å². The number of hydrogen-bond donors (Lipinski definition) is 0. The molecule has 3 nitrogen and oxygen atoms in total. The van der Waals surface area contributed by atoms with E-state index in [-0.39, 0.29) is 34.9 Å². The maximum absolute atomic E-state index is 14.7. The first kappa shape index (κ1) is 22.7. The summed E-state index contributed by atoms with van der Waals surface area (Å²) < 4.78 is 51.6. The molecule has 1 aromatic carbocycles. The van der Waals surface area contributed by atoms with Gasteiger partial charge in [0.25, 0.3) is 0 Å². The summed E-state index contributed by atoms with van der Waals surface area (Å²) in [4.78, 5) is -3.47. The number of hydrogen-bond acceptors (Lipinski definition) is 4. The molecule has 0 radical (unpaired) electrons. The molecule has 25 heavy (non-hydrogen) atoms. The molecule has 0 atom stereocenters. The molecule has 0 aromatic heterocycles. The summed E-state index contributed by atoms with van der Waals surface area (Å²) >= 11 is 6.56. The minimum absolute atomic E-state index is 0.133. The fraction of sp³-hybridized carbons (Fsp3) is 0.529. The Morgan fingerprint density at radius 1 is 1.24 bits per heavy atom. The van der Waals surface area contributed by atoms with Crippen LogP contribution in [0.3, 0.4) is 0 Å². The zero-order valence-corrected chi connectivity index (χ0v) is 17.3. The highest BCUT2D eigenvalue weighted by molar-refractivity contribution is 8.09. The summed E-state index contributed by atoms with van der Waals surface area (Å²) in [6.45, 7) is 6.48. The van der Waals surface area contributed by atoms with Crippen LogP contribution in [0.15, 0.2) is 29.2 Å². The van der Waals surface area contributed by atoms with Crippen molar-refractivity contribution in [1.29, 1.82) is 0 Å². The van der Waals surface area contributed by atoms with Crippen LogP contribution in [-0.4, -0.2) is 18.2 Å². The zero-order valence-electron chi connectivity index (χ0n) is 14.9. The average Bonchev–Trinajstić information content (AvgIpc) is 2.54. The largest absolute Gasteiger partial charge is 0.410 e. The van der Waals surface area contributed by atoms with Gasteiger partial charge in [-0.05, 0) is 44.5 Å². The van der Waals surface area contributed by atoms with E-state index in [2.05, 4.69) is 0 Å². The summed E-state index contributed by atoms with van der Waals surface area (Å²) in [5, 5.41) is 0.231. The molecule has 0 amide bonds. The van der Waals surface area contributed by atoms with E-state index in [4.69, 9.17) is 20.6 Å². The molecule has 0 N–H and O–H groups in total. The number of halogens is 3. The highest BCUT2D eigenvalue weighted by Crippen LogP contribution is 2.68. The van der Waals surface area contributed by atoms with E-state index < -0.39 is 12.6 Å². The quantitative estimate of drug-likeness (QED) is 0.379. The van der Waals surface area contributed by atoms with Crippen LogP contribution < -0.4 is 0 Å². The molecule has 1 rings (SSSR count). The third-order valence-electron chi connectivity index (χ3n) is 3.16. The van der Waals surface area contributed by atoms with Crippen molar-refractivity contribution in [2.24, 2.45) is 0 Å². The minimum Gasteiger partial charge on any atom is -0.304 e. The Morgan fingerprint density at radius 2 is 1.84 bits per heavy atom. The van der Waals surface area contributed by atoms with Crippen LogP contribution in [-0.2, 0) is 13.6 Å². The topological polar surface area (TPSA) is 35.5 Å². The lowest BCUT2D eigenvalue weighted by Crippen LogP contribution is -2.17. The Kier molecular flexibility index (Phi) is 9.13. The van der Waals surface area contributed by atoms with Crippen molar-refractivity contribution in [3.8, 4) is 0 Å². The number of thioether (sulfide) groups is 1. The average molecular weight is 413 g/mol. The number of benzene rings is 1. The molecule has 0 aliphatic rings. The lowest BCUT2D eigenvalue weighted by Gasteiger charge is -2.26. The zero-order chi connectivity index (χ0) is 19.1. The predicted molar refractivity (Wildman–Crippen MR) is 102 cm³/mol. The summed E-state index contributed by atoms with van der Waals surface area (Å²) in [6, 6.07) is 7.29. The van der Waals surface area contributed by atoms with Crippen LogP contribution >= 0.6 is 31.0 Å². The standard InChI is InChI=1S/C17H24ClF2O3PS/c1-5-9-15(16(18)14-11-8-10-13(4)12-14)25-17(19,20)24(21,22-6-2)23-7-3/h8,10-12H,5-7,9H2,1-4H3/b16-15+. The molecular formula is C17H24ClF2O3PS. The Morgan fingerprint density at radius 3 is 2.32 bits per heavy atom. The number of alkyl halides is 2. The fourth-order valence-electron chi connectivity index (χ4n) is 2.11. The van der Waals surface area contributed by atoms with Crippen LogP contribution in [0.5, 0.6) is 0 Å². The number of rotatable bonds is 10. The van der Waals surface area contributed by atoms with Crippen molar-refractivity contribution in [3.05, 3.63) is 40.3 Å². The van der Waals surface area contributed by atoms with Crippen LogP contribution in [0.25, 0.3) is 5.03 Å². The van der Waals surface area contributed by atoms with E-state index in [1.807, 2.05) is 32.0 Å². The van der Waals surface area contributed by atoms with Crippen LogP contribution in [0.1, 0.15) is 44.7 Å². The Bertz CT molecular complexity index is 643. The van der Waals surface area contributed by atoms with Crippen LogP contribution in [0.2, 0.25) is 0 Å². The first-order valence-electron chi connectivity index (χ1n) is 8.12. The number of allylic oxidation sites excluding steroid dienone is 1. The van der Waals surface area contributed by atoms with Gasteiger partial charge in [0.1, 0.15) is 0 Å². The van der Waals surface area contributed by atoms with Crippen molar-refractivity contribution >= 4 is 36.0 Å². The highest BCUT2D eigenvalue weighted by atomic mass is 35.5. The van der Waals surface area contributed by atoms with E-state index >= 15 is 0 Å². The predicted octanol–water partition coefficient (Wildman–Crippen LogP) is 7.25. The van der Waals surface area contributed by atoms with Gasteiger partial charge >= 0.3 is 12.6 Å². The van der Waals surface area contributed by atoms with Crippen molar-refractivity contribution in [2.75, 3.05) is 13.2 Å². The van der Waals surface area contributed by atoms with Crippen molar-refractivity contribution < 1.29 is 22.4 Å². The lowest BCUT2D eigenvalue weighted by molar-refractivity contribution is 0.112. The molecule has 142 valence electrons. The third-order valence-corrected chi connectivity index (χ3v) is 7.39. The van der Waals surface area contributed by atoms with E-state index in [1.54, 1.807) is 6.07 Å². The van der Waals surface area contributed by atoms with Gasteiger partial charge in [-0.3, -0.25) is 4.57 Å². The molecule has 0 saturated heterocycles. The van der Waals surface area contributed by atoms with Gasteiger partial charge in [0.15, 0.2) is 0 Å². The van der Waals surface area contributed by atoms with Crippen molar-refractivity contribution in [3.63, 3.8) is 0 Å². The van der Waals surface area contributed by atoms with Gasteiger partial charge in [0, 0.05) is 4.91 Å². The molecule has 1 aromatic rings. The molecule has 0 heterocycles. The maximum Gasteiger partial charge on any atom is 0.410 e. The molecule has 8 heteroatoms. The maximum atomic E-state index is 14.7. The van der Waals surface area contributed by atoms with Gasteiger partial charge in [0.05, 0.1) is 18.2 Å². The molecule has 0 fully saturated rings. The Hall–Kier alpha value is -0.390. The highest BCUT2D eigenvalue weighted by Gasteiger charge is 2.54. The Labute approximate surface area is 157 Å². The number of aryl methyl sites for hydroxylation is 1. The van der Waals surface area contributed by atoms with Gasteiger partial charge < -0.3 is 9.05 Å². The minimum atomic E-state index is -4.60. The van der Waals surface area contributed by atoms with Gasteiger partial charge in [-0.25, -0.2) is 0 Å². The van der Waals surface area contributed by atoms with Crippen LogP contribution in [0, 0.1) is 6.92 Å². The molecule has 0 unspecified atom stereocenters. The van der Waals surface area contributed by atoms with Crippen molar-refractivity contribution in [2.45, 2.75) is 45.5 Å². The SMILES string of the molecule is CCC/C(SC(F)(F)P(=O)(OCC)OCC)=C(\Cl)c1cccc(C)c1. The molecule has 0 aliphatic heterocycles. The van der Waals surface area contributed by atoms with E-state index in [9.17, 15) is 13.3 Å². The summed E-state index contributed by atoms with van der Waals surface area (Å²) in [5.74, 6) is 0.